The molecule has 0 saturated carbocycles. The first kappa shape index (κ1) is 17.3. The molecule has 0 radical (unpaired) electrons. The third-order valence-corrected chi connectivity index (χ3v) is 5.47. The number of carbonyl (C=O) groups is 2. The molecule has 0 aliphatic carbocycles. The minimum atomic E-state index is -0.266. The Morgan fingerprint density at radius 3 is 2.42 bits per heavy atom. The SMILES string of the molecule is CC1CCN(C(=O)[C@@H]2CCCN2C(=O)Cc2ccc(Cl)cc2)CC1. The quantitative estimate of drug-likeness (QED) is 0.842. The number of nitrogens with zero attached hydrogens (tertiary/aromatic N) is 2. The van der Waals surface area contributed by atoms with E-state index in [0.29, 0.717) is 23.9 Å². The first-order chi connectivity index (χ1) is 11.5. The highest BCUT2D eigenvalue weighted by molar-refractivity contribution is 6.30. The van der Waals surface area contributed by atoms with Crippen molar-refractivity contribution in [2.75, 3.05) is 19.6 Å². The van der Waals surface area contributed by atoms with Gasteiger partial charge in [0.2, 0.25) is 11.8 Å². The van der Waals surface area contributed by atoms with Crippen LogP contribution in [0.1, 0.15) is 38.2 Å². The summed E-state index contributed by atoms with van der Waals surface area (Å²) in [4.78, 5) is 29.2. The van der Waals surface area contributed by atoms with Crippen LogP contribution in [0.25, 0.3) is 0 Å². The molecule has 2 heterocycles. The molecule has 0 spiro atoms. The van der Waals surface area contributed by atoms with Gasteiger partial charge in [-0.25, -0.2) is 0 Å². The Bertz CT molecular complexity index is 594. The van der Waals surface area contributed by atoms with Crippen LogP contribution in [0, 0.1) is 5.92 Å². The van der Waals surface area contributed by atoms with Crippen molar-refractivity contribution in [1.82, 2.24) is 9.80 Å². The largest absolute Gasteiger partial charge is 0.341 e. The molecule has 0 bridgehead atoms. The van der Waals surface area contributed by atoms with Crippen LogP contribution in [0.15, 0.2) is 24.3 Å². The molecule has 5 heteroatoms. The van der Waals surface area contributed by atoms with E-state index in [0.717, 1.165) is 44.3 Å². The van der Waals surface area contributed by atoms with E-state index >= 15 is 0 Å². The molecule has 1 aromatic rings. The summed E-state index contributed by atoms with van der Waals surface area (Å²) in [6.07, 6.45) is 4.16. The first-order valence-electron chi connectivity index (χ1n) is 8.87. The maximum Gasteiger partial charge on any atom is 0.245 e. The molecule has 2 fully saturated rings. The van der Waals surface area contributed by atoms with E-state index in [1.54, 1.807) is 17.0 Å². The number of amides is 2. The van der Waals surface area contributed by atoms with E-state index in [4.69, 9.17) is 11.6 Å². The van der Waals surface area contributed by atoms with Crippen molar-refractivity contribution in [2.24, 2.45) is 5.92 Å². The summed E-state index contributed by atoms with van der Waals surface area (Å²) in [5.41, 5.74) is 0.939. The Hall–Kier alpha value is -1.55. The monoisotopic (exact) mass is 348 g/mol. The zero-order valence-electron chi connectivity index (χ0n) is 14.2. The lowest BCUT2D eigenvalue weighted by atomic mass is 9.98. The Balaban J connectivity index is 1.62. The fourth-order valence-corrected chi connectivity index (χ4v) is 3.77. The zero-order valence-corrected chi connectivity index (χ0v) is 15.0. The molecule has 2 saturated heterocycles. The molecule has 130 valence electrons. The molecular formula is C19H25ClN2O2. The van der Waals surface area contributed by atoms with E-state index in [2.05, 4.69) is 6.92 Å². The predicted molar refractivity (Wildman–Crippen MR) is 94.9 cm³/mol. The summed E-state index contributed by atoms with van der Waals surface area (Å²) in [6, 6.07) is 7.08. The summed E-state index contributed by atoms with van der Waals surface area (Å²) in [6.45, 7) is 4.58. The van der Waals surface area contributed by atoms with E-state index in [1.807, 2.05) is 17.0 Å². The van der Waals surface area contributed by atoms with Crippen LogP contribution < -0.4 is 0 Å². The lowest BCUT2D eigenvalue weighted by Crippen LogP contribution is -2.50. The molecular weight excluding hydrogens is 324 g/mol. The average Bonchev–Trinajstić information content (AvgIpc) is 3.07. The highest BCUT2D eigenvalue weighted by Gasteiger charge is 2.37. The molecule has 0 unspecified atom stereocenters. The smallest absolute Gasteiger partial charge is 0.245 e. The molecule has 2 aliphatic heterocycles. The Labute approximate surface area is 148 Å². The summed E-state index contributed by atoms with van der Waals surface area (Å²) >= 11 is 5.89. The van der Waals surface area contributed by atoms with Gasteiger partial charge in [-0.15, -0.1) is 0 Å². The van der Waals surface area contributed by atoms with Crippen molar-refractivity contribution >= 4 is 23.4 Å². The van der Waals surface area contributed by atoms with Crippen molar-refractivity contribution in [2.45, 2.75) is 45.1 Å². The zero-order chi connectivity index (χ0) is 17.1. The predicted octanol–water partition coefficient (Wildman–Crippen LogP) is 3.13. The highest BCUT2D eigenvalue weighted by Crippen LogP contribution is 2.24. The van der Waals surface area contributed by atoms with Gasteiger partial charge in [0.1, 0.15) is 6.04 Å². The van der Waals surface area contributed by atoms with Crippen molar-refractivity contribution in [3.63, 3.8) is 0 Å². The standard InChI is InChI=1S/C19H25ClN2O2/c1-14-8-11-21(12-9-14)19(24)17-3-2-10-22(17)18(23)13-15-4-6-16(20)7-5-15/h4-7,14,17H,2-3,8-13H2,1H3/t17-/m0/s1. The maximum absolute atomic E-state index is 12.8. The van der Waals surface area contributed by atoms with Gasteiger partial charge in [0, 0.05) is 24.7 Å². The number of carbonyl (C=O) groups excluding carboxylic acids is 2. The van der Waals surface area contributed by atoms with Crippen molar-refractivity contribution < 1.29 is 9.59 Å². The molecule has 4 nitrogen and oxygen atoms in total. The molecule has 2 amide bonds. The van der Waals surface area contributed by atoms with Gasteiger partial charge in [-0.1, -0.05) is 30.7 Å². The second-order valence-electron chi connectivity index (χ2n) is 7.06. The van der Waals surface area contributed by atoms with E-state index < -0.39 is 0 Å². The summed E-state index contributed by atoms with van der Waals surface area (Å²) < 4.78 is 0. The van der Waals surface area contributed by atoms with Gasteiger partial charge < -0.3 is 9.80 Å². The lowest BCUT2D eigenvalue weighted by Gasteiger charge is -2.34. The Morgan fingerprint density at radius 2 is 1.75 bits per heavy atom. The molecule has 2 aliphatic rings. The van der Waals surface area contributed by atoms with Gasteiger partial charge in [-0.2, -0.15) is 0 Å². The number of rotatable bonds is 3. The van der Waals surface area contributed by atoms with Gasteiger partial charge in [-0.05, 0) is 49.3 Å². The van der Waals surface area contributed by atoms with Crippen LogP contribution in [-0.4, -0.2) is 47.3 Å². The van der Waals surface area contributed by atoms with Crippen LogP contribution in [-0.2, 0) is 16.0 Å². The number of likely N-dealkylation sites (tertiary alicyclic amines) is 2. The maximum atomic E-state index is 12.8. The van der Waals surface area contributed by atoms with Crippen LogP contribution in [0.4, 0.5) is 0 Å². The first-order valence-corrected chi connectivity index (χ1v) is 9.25. The Morgan fingerprint density at radius 1 is 1.08 bits per heavy atom. The topological polar surface area (TPSA) is 40.6 Å². The van der Waals surface area contributed by atoms with E-state index in [-0.39, 0.29) is 17.9 Å². The highest BCUT2D eigenvalue weighted by atomic mass is 35.5. The van der Waals surface area contributed by atoms with Crippen molar-refractivity contribution in [3.05, 3.63) is 34.9 Å². The number of hydrogen-bond donors (Lipinski definition) is 0. The van der Waals surface area contributed by atoms with Gasteiger partial charge in [0.15, 0.2) is 0 Å². The molecule has 0 aromatic heterocycles. The molecule has 3 rings (SSSR count). The van der Waals surface area contributed by atoms with Gasteiger partial charge in [-0.3, -0.25) is 9.59 Å². The van der Waals surface area contributed by atoms with Crippen LogP contribution in [0.2, 0.25) is 5.02 Å². The van der Waals surface area contributed by atoms with E-state index in [1.165, 1.54) is 0 Å². The summed E-state index contributed by atoms with van der Waals surface area (Å²) in [7, 11) is 0. The second-order valence-corrected chi connectivity index (χ2v) is 7.49. The van der Waals surface area contributed by atoms with E-state index in [9.17, 15) is 9.59 Å². The van der Waals surface area contributed by atoms with Crippen LogP contribution in [0.3, 0.4) is 0 Å². The van der Waals surface area contributed by atoms with Gasteiger partial charge in [0.05, 0.1) is 6.42 Å². The number of halogens is 1. The fourth-order valence-electron chi connectivity index (χ4n) is 3.64. The van der Waals surface area contributed by atoms with Crippen LogP contribution in [0.5, 0.6) is 0 Å². The molecule has 24 heavy (non-hydrogen) atoms. The average molecular weight is 349 g/mol. The van der Waals surface area contributed by atoms with Gasteiger partial charge >= 0.3 is 0 Å². The summed E-state index contributed by atoms with van der Waals surface area (Å²) in [5.74, 6) is 0.877. The number of benzene rings is 1. The molecule has 1 atom stereocenters. The second kappa shape index (κ2) is 7.56. The normalized spacial score (nSPS) is 22.0. The third-order valence-electron chi connectivity index (χ3n) is 5.22. The summed E-state index contributed by atoms with van der Waals surface area (Å²) in [5, 5.41) is 0.666. The molecule has 1 aromatic carbocycles. The van der Waals surface area contributed by atoms with Crippen LogP contribution >= 0.6 is 11.6 Å². The minimum absolute atomic E-state index is 0.0403. The van der Waals surface area contributed by atoms with Crippen molar-refractivity contribution in [1.29, 1.82) is 0 Å². The fraction of sp³-hybridized carbons (Fsp3) is 0.579. The minimum Gasteiger partial charge on any atom is -0.341 e. The molecule has 0 N–H and O–H groups in total. The number of hydrogen-bond acceptors (Lipinski definition) is 2. The number of piperidine rings is 1. The Kier molecular flexibility index (Phi) is 5.44. The van der Waals surface area contributed by atoms with Gasteiger partial charge in [0.25, 0.3) is 0 Å². The third kappa shape index (κ3) is 3.92. The lowest BCUT2D eigenvalue weighted by molar-refractivity contribution is -0.144. The van der Waals surface area contributed by atoms with Crippen molar-refractivity contribution in [3.8, 4) is 0 Å².